The number of carbonyl (C=O) groups excluding carboxylic acids is 1. The second kappa shape index (κ2) is 5.69. The molecule has 0 saturated carbocycles. The van der Waals surface area contributed by atoms with Crippen LogP contribution >= 0.6 is 0 Å². The molecule has 2 heterocycles. The van der Waals surface area contributed by atoms with Gasteiger partial charge in [-0.05, 0) is 26.0 Å². The van der Waals surface area contributed by atoms with Crippen LogP contribution in [0, 0.1) is 0 Å². The van der Waals surface area contributed by atoms with E-state index in [0.29, 0.717) is 18.7 Å². The van der Waals surface area contributed by atoms with E-state index >= 15 is 0 Å². The highest BCUT2D eigenvalue weighted by Gasteiger charge is 2.27. The van der Waals surface area contributed by atoms with Gasteiger partial charge < -0.3 is 9.64 Å². The van der Waals surface area contributed by atoms with Crippen molar-refractivity contribution in [2.24, 2.45) is 0 Å². The fourth-order valence-corrected chi connectivity index (χ4v) is 2.68. The summed E-state index contributed by atoms with van der Waals surface area (Å²) in [5.41, 5.74) is 1.56. The molecule has 0 spiro atoms. The molecule has 0 N–H and O–H groups in total. The minimum Gasteiger partial charge on any atom is -0.372 e. The number of amides is 1. The zero-order valence-electron chi connectivity index (χ0n) is 12.3. The van der Waals surface area contributed by atoms with Crippen molar-refractivity contribution in [3.63, 3.8) is 0 Å². The van der Waals surface area contributed by atoms with Gasteiger partial charge in [0.1, 0.15) is 0 Å². The second-order valence-electron chi connectivity index (χ2n) is 5.48. The van der Waals surface area contributed by atoms with Crippen LogP contribution in [0.3, 0.4) is 0 Å². The lowest BCUT2D eigenvalue weighted by molar-refractivity contribution is -0.0586. The Bertz CT molecular complexity index is 613. The smallest absolute Gasteiger partial charge is 0.257 e. The fourth-order valence-electron chi connectivity index (χ4n) is 2.68. The van der Waals surface area contributed by atoms with Crippen LogP contribution in [0.1, 0.15) is 24.2 Å². The molecule has 5 nitrogen and oxygen atoms in total. The molecular formula is C16H19N3O2. The number of rotatable bonds is 2. The summed E-state index contributed by atoms with van der Waals surface area (Å²) in [6.45, 7) is 5.23. The van der Waals surface area contributed by atoms with E-state index in [0.717, 1.165) is 5.69 Å². The molecule has 1 amide bonds. The van der Waals surface area contributed by atoms with Gasteiger partial charge in [-0.15, -0.1) is 0 Å². The molecular weight excluding hydrogens is 266 g/mol. The Hall–Kier alpha value is -2.14. The summed E-state index contributed by atoms with van der Waals surface area (Å²) in [4.78, 5) is 14.4. The first-order valence-electron chi connectivity index (χ1n) is 7.18. The average molecular weight is 285 g/mol. The number of benzene rings is 1. The van der Waals surface area contributed by atoms with Gasteiger partial charge in [0.15, 0.2) is 0 Å². The largest absolute Gasteiger partial charge is 0.372 e. The Labute approximate surface area is 124 Å². The first-order valence-corrected chi connectivity index (χ1v) is 7.18. The third-order valence-electron chi connectivity index (χ3n) is 3.56. The number of para-hydroxylation sites is 1. The van der Waals surface area contributed by atoms with Crippen molar-refractivity contribution in [2.75, 3.05) is 13.1 Å². The average Bonchev–Trinajstić information content (AvgIpc) is 2.96. The number of aromatic nitrogens is 2. The Morgan fingerprint density at radius 3 is 2.52 bits per heavy atom. The van der Waals surface area contributed by atoms with Crippen LogP contribution in [0.4, 0.5) is 0 Å². The summed E-state index contributed by atoms with van der Waals surface area (Å²) in [6.07, 6.45) is 3.55. The Morgan fingerprint density at radius 2 is 1.86 bits per heavy atom. The van der Waals surface area contributed by atoms with Crippen LogP contribution in [0.2, 0.25) is 0 Å². The van der Waals surface area contributed by atoms with Crippen molar-refractivity contribution >= 4 is 5.91 Å². The molecule has 2 atom stereocenters. The molecule has 1 fully saturated rings. The van der Waals surface area contributed by atoms with Crippen molar-refractivity contribution in [3.8, 4) is 5.69 Å². The summed E-state index contributed by atoms with van der Waals surface area (Å²) in [5.74, 6) is 0.0131. The first-order chi connectivity index (χ1) is 10.1. The SMILES string of the molecule is CC1CN(C(=O)c2cnn(-c3ccccc3)c2)CC(C)O1. The van der Waals surface area contributed by atoms with E-state index in [4.69, 9.17) is 4.74 Å². The van der Waals surface area contributed by atoms with Gasteiger partial charge in [0.2, 0.25) is 0 Å². The van der Waals surface area contributed by atoms with Crippen molar-refractivity contribution in [2.45, 2.75) is 26.1 Å². The molecule has 1 aliphatic heterocycles. The summed E-state index contributed by atoms with van der Waals surface area (Å²) in [5, 5.41) is 4.28. The van der Waals surface area contributed by atoms with Gasteiger partial charge in [0.05, 0.1) is 29.7 Å². The van der Waals surface area contributed by atoms with Gasteiger partial charge in [-0.1, -0.05) is 18.2 Å². The van der Waals surface area contributed by atoms with E-state index in [-0.39, 0.29) is 18.1 Å². The number of nitrogens with zero attached hydrogens (tertiary/aromatic N) is 3. The molecule has 1 aromatic heterocycles. The highest BCUT2D eigenvalue weighted by atomic mass is 16.5. The van der Waals surface area contributed by atoms with E-state index in [9.17, 15) is 4.79 Å². The third kappa shape index (κ3) is 2.97. The van der Waals surface area contributed by atoms with Gasteiger partial charge in [0, 0.05) is 19.3 Å². The minimum absolute atomic E-state index is 0.0131. The molecule has 1 saturated heterocycles. The number of hydrogen-bond acceptors (Lipinski definition) is 3. The lowest BCUT2D eigenvalue weighted by Gasteiger charge is -2.35. The van der Waals surface area contributed by atoms with E-state index in [1.807, 2.05) is 49.1 Å². The first kappa shape index (κ1) is 13.8. The number of ether oxygens (including phenoxy) is 1. The van der Waals surface area contributed by atoms with Gasteiger partial charge >= 0.3 is 0 Å². The number of carbonyl (C=O) groups is 1. The van der Waals surface area contributed by atoms with Crippen LogP contribution < -0.4 is 0 Å². The lowest BCUT2D eigenvalue weighted by atomic mass is 10.2. The highest BCUT2D eigenvalue weighted by Crippen LogP contribution is 2.15. The topological polar surface area (TPSA) is 47.4 Å². The van der Waals surface area contributed by atoms with E-state index < -0.39 is 0 Å². The predicted octanol–water partition coefficient (Wildman–Crippen LogP) is 2.12. The Morgan fingerprint density at radius 1 is 1.19 bits per heavy atom. The molecule has 0 radical (unpaired) electrons. The molecule has 5 heteroatoms. The second-order valence-corrected chi connectivity index (χ2v) is 5.48. The zero-order chi connectivity index (χ0) is 14.8. The van der Waals surface area contributed by atoms with Crippen LogP contribution in [-0.2, 0) is 4.74 Å². The molecule has 1 aliphatic rings. The van der Waals surface area contributed by atoms with Crippen molar-refractivity contribution in [1.82, 2.24) is 14.7 Å². The predicted molar refractivity (Wildman–Crippen MR) is 79.5 cm³/mol. The molecule has 0 aliphatic carbocycles. The maximum absolute atomic E-state index is 12.6. The maximum atomic E-state index is 12.6. The van der Waals surface area contributed by atoms with E-state index in [2.05, 4.69) is 5.10 Å². The molecule has 21 heavy (non-hydrogen) atoms. The van der Waals surface area contributed by atoms with Crippen molar-refractivity contribution in [3.05, 3.63) is 48.3 Å². The normalized spacial score (nSPS) is 22.3. The van der Waals surface area contributed by atoms with E-state index in [1.54, 1.807) is 17.1 Å². The quantitative estimate of drug-likeness (QED) is 0.849. The van der Waals surface area contributed by atoms with Gasteiger partial charge in [-0.2, -0.15) is 5.10 Å². The summed E-state index contributed by atoms with van der Waals surface area (Å²) < 4.78 is 7.38. The van der Waals surface area contributed by atoms with E-state index in [1.165, 1.54) is 0 Å². The van der Waals surface area contributed by atoms with Crippen LogP contribution in [-0.4, -0.2) is 45.9 Å². The molecule has 0 bridgehead atoms. The summed E-state index contributed by atoms with van der Waals surface area (Å²) in [6, 6.07) is 9.77. The maximum Gasteiger partial charge on any atom is 0.257 e. The monoisotopic (exact) mass is 285 g/mol. The Kier molecular flexibility index (Phi) is 3.75. The lowest BCUT2D eigenvalue weighted by Crippen LogP contribution is -2.48. The number of hydrogen-bond donors (Lipinski definition) is 0. The molecule has 3 rings (SSSR count). The highest BCUT2D eigenvalue weighted by molar-refractivity contribution is 5.94. The van der Waals surface area contributed by atoms with Crippen LogP contribution in [0.15, 0.2) is 42.7 Å². The molecule has 1 aromatic carbocycles. The van der Waals surface area contributed by atoms with Gasteiger partial charge in [-0.3, -0.25) is 4.79 Å². The number of morpholine rings is 1. The fraction of sp³-hybridized carbons (Fsp3) is 0.375. The molecule has 2 unspecified atom stereocenters. The summed E-state index contributed by atoms with van der Waals surface area (Å²) >= 11 is 0. The van der Waals surface area contributed by atoms with Crippen molar-refractivity contribution in [1.29, 1.82) is 0 Å². The zero-order valence-corrected chi connectivity index (χ0v) is 12.3. The Balaban J connectivity index is 1.78. The molecule has 2 aromatic rings. The van der Waals surface area contributed by atoms with Gasteiger partial charge in [0.25, 0.3) is 5.91 Å². The standard InChI is InChI=1S/C16H19N3O2/c1-12-9-18(10-13(2)21-12)16(20)14-8-17-19(11-14)15-6-4-3-5-7-15/h3-8,11-13H,9-10H2,1-2H3. The van der Waals surface area contributed by atoms with Crippen LogP contribution in [0.25, 0.3) is 5.69 Å². The van der Waals surface area contributed by atoms with Gasteiger partial charge in [-0.25, -0.2) is 4.68 Å². The molecule has 110 valence electrons. The minimum atomic E-state index is 0.0131. The van der Waals surface area contributed by atoms with Crippen LogP contribution in [0.5, 0.6) is 0 Å². The van der Waals surface area contributed by atoms with Crippen molar-refractivity contribution < 1.29 is 9.53 Å². The third-order valence-corrected chi connectivity index (χ3v) is 3.56. The summed E-state index contributed by atoms with van der Waals surface area (Å²) in [7, 11) is 0.